The average molecular weight is 431 g/mol. The van der Waals surface area contributed by atoms with Gasteiger partial charge in [-0.3, -0.25) is 0 Å². The lowest BCUT2D eigenvalue weighted by molar-refractivity contribution is 0.0734. The van der Waals surface area contributed by atoms with Crippen molar-refractivity contribution in [1.29, 1.82) is 0 Å². The Hall–Kier alpha value is -3.27. The summed E-state index contributed by atoms with van der Waals surface area (Å²) in [6.07, 6.45) is 4.67. The highest BCUT2D eigenvalue weighted by Crippen LogP contribution is 2.46. The van der Waals surface area contributed by atoms with Crippen molar-refractivity contribution in [3.05, 3.63) is 77.4 Å². The summed E-state index contributed by atoms with van der Waals surface area (Å²) in [5, 5.41) is 0. The van der Waals surface area contributed by atoms with Gasteiger partial charge in [-0.1, -0.05) is 45.2 Å². The molecule has 1 unspecified atom stereocenters. The third kappa shape index (κ3) is 4.64. The van der Waals surface area contributed by atoms with Gasteiger partial charge in [0, 0.05) is 5.92 Å². The molecule has 0 radical (unpaired) electrons. The molecule has 4 rings (SSSR count). The van der Waals surface area contributed by atoms with Crippen molar-refractivity contribution < 1.29 is 19.0 Å². The molecular formula is C28H30O4. The number of rotatable bonds is 9. The van der Waals surface area contributed by atoms with Gasteiger partial charge < -0.3 is 14.2 Å². The Bertz CT molecular complexity index is 1090. The molecule has 3 aromatic rings. The lowest BCUT2D eigenvalue weighted by Gasteiger charge is -2.10. The van der Waals surface area contributed by atoms with Gasteiger partial charge in [-0.15, -0.1) is 0 Å². The summed E-state index contributed by atoms with van der Waals surface area (Å²) in [4.78, 5) is 12.7. The maximum absolute atomic E-state index is 12.7. The van der Waals surface area contributed by atoms with Crippen LogP contribution in [0.2, 0.25) is 0 Å². The number of ether oxygens (including phenoxy) is 3. The van der Waals surface area contributed by atoms with Gasteiger partial charge in [0.15, 0.2) is 0 Å². The highest BCUT2D eigenvalue weighted by molar-refractivity contribution is 5.91. The van der Waals surface area contributed by atoms with Crippen LogP contribution in [0.3, 0.4) is 0 Å². The molecule has 1 aliphatic carbocycles. The average Bonchev–Trinajstić information content (AvgIpc) is 3.10. The molecule has 1 aliphatic rings. The van der Waals surface area contributed by atoms with Crippen LogP contribution < -0.4 is 14.2 Å². The maximum atomic E-state index is 12.7. The summed E-state index contributed by atoms with van der Waals surface area (Å²) in [6, 6.07) is 19.2. The van der Waals surface area contributed by atoms with E-state index >= 15 is 0 Å². The van der Waals surface area contributed by atoms with Crippen LogP contribution in [0.1, 0.15) is 66.9 Å². The molecule has 0 saturated carbocycles. The normalized spacial score (nSPS) is 13.9. The smallest absolute Gasteiger partial charge is 0.343 e. The van der Waals surface area contributed by atoms with Gasteiger partial charge in [-0.05, 0) is 77.2 Å². The zero-order valence-corrected chi connectivity index (χ0v) is 19.0. The topological polar surface area (TPSA) is 44.8 Å². The molecule has 3 aromatic carbocycles. The fraction of sp³-hybridized carbons (Fsp3) is 0.321. The molecule has 0 bridgehead atoms. The van der Waals surface area contributed by atoms with E-state index in [-0.39, 0.29) is 11.9 Å². The van der Waals surface area contributed by atoms with Crippen molar-refractivity contribution in [2.45, 2.75) is 45.4 Å². The second-order valence-electron chi connectivity index (χ2n) is 8.25. The molecule has 0 fully saturated rings. The Kier molecular flexibility index (Phi) is 6.79. The van der Waals surface area contributed by atoms with Crippen molar-refractivity contribution in [2.75, 3.05) is 13.7 Å². The Balaban J connectivity index is 1.40. The number of esters is 1. The zero-order chi connectivity index (χ0) is 22.5. The van der Waals surface area contributed by atoms with Gasteiger partial charge in [-0.2, -0.15) is 0 Å². The van der Waals surface area contributed by atoms with Crippen molar-refractivity contribution in [3.63, 3.8) is 0 Å². The summed E-state index contributed by atoms with van der Waals surface area (Å²) >= 11 is 0. The fourth-order valence-electron chi connectivity index (χ4n) is 4.22. The monoisotopic (exact) mass is 430 g/mol. The Labute approximate surface area is 190 Å². The van der Waals surface area contributed by atoms with Crippen LogP contribution in [0, 0.1) is 0 Å². The molecule has 0 aromatic heterocycles. The van der Waals surface area contributed by atoms with E-state index in [4.69, 9.17) is 14.2 Å². The third-order valence-corrected chi connectivity index (χ3v) is 6.07. The number of carbonyl (C=O) groups is 1. The number of fused-ring (bicyclic) bond motifs is 3. The minimum absolute atomic E-state index is 0.211. The van der Waals surface area contributed by atoms with Crippen molar-refractivity contribution in [2.24, 2.45) is 0 Å². The van der Waals surface area contributed by atoms with Crippen molar-refractivity contribution in [1.82, 2.24) is 0 Å². The van der Waals surface area contributed by atoms with Gasteiger partial charge in [0.25, 0.3) is 0 Å². The quantitative estimate of drug-likeness (QED) is 0.208. The van der Waals surface area contributed by atoms with E-state index in [0.29, 0.717) is 17.9 Å². The molecule has 4 heteroatoms. The van der Waals surface area contributed by atoms with E-state index in [1.165, 1.54) is 36.0 Å². The molecule has 4 nitrogen and oxygen atoms in total. The maximum Gasteiger partial charge on any atom is 0.343 e. The minimum Gasteiger partial charge on any atom is -0.497 e. The molecule has 0 spiro atoms. The van der Waals surface area contributed by atoms with Gasteiger partial charge in [0.1, 0.15) is 17.2 Å². The second kappa shape index (κ2) is 9.90. The fourth-order valence-corrected chi connectivity index (χ4v) is 4.22. The Morgan fingerprint density at radius 2 is 1.44 bits per heavy atom. The van der Waals surface area contributed by atoms with Gasteiger partial charge in [-0.25, -0.2) is 4.79 Å². The van der Waals surface area contributed by atoms with E-state index in [1.54, 1.807) is 19.2 Å². The molecule has 166 valence electrons. The first-order chi connectivity index (χ1) is 15.6. The lowest BCUT2D eigenvalue weighted by atomic mass is 9.99. The van der Waals surface area contributed by atoms with Gasteiger partial charge >= 0.3 is 5.97 Å². The van der Waals surface area contributed by atoms with Crippen LogP contribution >= 0.6 is 0 Å². The predicted octanol–water partition coefficient (Wildman–Crippen LogP) is 7.01. The number of hydrogen-bond acceptors (Lipinski definition) is 4. The molecule has 0 N–H and O–H groups in total. The second-order valence-corrected chi connectivity index (χ2v) is 8.25. The van der Waals surface area contributed by atoms with Gasteiger partial charge in [0.05, 0.1) is 19.3 Å². The first-order valence-corrected chi connectivity index (χ1v) is 11.4. The zero-order valence-electron chi connectivity index (χ0n) is 19.0. The van der Waals surface area contributed by atoms with Crippen LogP contribution in [-0.4, -0.2) is 19.7 Å². The van der Waals surface area contributed by atoms with E-state index in [9.17, 15) is 4.79 Å². The first kappa shape index (κ1) is 21.9. The molecular weight excluding hydrogens is 400 g/mol. The highest BCUT2D eigenvalue weighted by atomic mass is 16.5. The van der Waals surface area contributed by atoms with Crippen LogP contribution in [0.25, 0.3) is 11.1 Å². The Morgan fingerprint density at radius 3 is 2.09 bits per heavy atom. The van der Waals surface area contributed by atoms with Crippen LogP contribution in [0.5, 0.6) is 17.2 Å². The van der Waals surface area contributed by atoms with E-state index in [2.05, 4.69) is 26.0 Å². The summed E-state index contributed by atoms with van der Waals surface area (Å²) in [7, 11) is 1.68. The largest absolute Gasteiger partial charge is 0.497 e. The SMILES string of the molecule is CCCCCCOc1ccc(C(=O)Oc2ccc3c(c2)C(C)c2cc(OC)ccc2-3)cc1. The standard InChI is InChI=1S/C28H30O4/c1-4-5-6-7-16-31-21-10-8-20(9-11-21)28(29)32-23-13-15-25-24-14-12-22(30-3)17-26(24)19(2)27(25)18-23/h8-15,17-19H,4-7,16H2,1-3H3. The van der Waals surface area contributed by atoms with Gasteiger partial charge in [0.2, 0.25) is 0 Å². The van der Waals surface area contributed by atoms with Crippen molar-refractivity contribution >= 4 is 5.97 Å². The van der Waals surface area contributed by atoms with E-state index in [0.717, 1.165) is 23.5 Å². The molecule has 0 saturated heterocycles. The summed E-state index contributed by atoms with van der Waals surface area (Å²) in [6.45, 7) is 5.06. The number of carbonyl (C=O) groups excluding carboxylic acids is 1. The Morgan fingerprint density at radius 1 is 0.812 bits per heavy atom. The number of hydrogen-bond donors (Lipinski definition) is 0. The molecule has 0 amide bonds. The van der Waals surface area contributed by atoms with E-state index < -0.39 is 0 Å². The summed E-state index contributed by atoms with van der Waals surface area (Å²) in [5.74, 6) is 2.02. The summed E-state index contributed by atoms with van der Waals surface area (Å²) in [5.41, 5.74) is 5.27. The summed E-state index contributed by atoms with van der Waals surface area (Å²) < 4.78 is 16.8. The van der Waals surface area contributed by atoms with Crippen LogP contribution in [-0.2, 0) is 0 Å². The number of unbranched alkanes of at least 4 members (excludes halogenated alkanes) is 3. The molecule has 1 atom stereocenters. The van der Waals surface area contributed by atoms with Crippen molar-refractivity contribution in [3.8, 4) is 28.4 Å². The number of benzene rings is 3. The van der Waals surface area contributed by atoms with E-state index in [1.807, 2.05) is 36.4 Å². The third-order valence-electron chi connectivity index (χ3n) is 6.07. The molecule has 32 heavy (non-hydrogen) atoms. The lowest BCUT2D eigenvalue weighted by Crippen LogP contribution is -2.08. The van der Waals surface area contributed by atoms with Crippen LogP contribution in [0.4, 0.5) is 0 Å². The molecule has 0 heterocycles. The van der Waals surface area contributed by atoms with Crippen LogP contribution in [0.15, 0.2) is 60.7 Å². The first-order valence-electron chi connectivity index (χ1n) is 11.4. The molecule has 0 aliphatic heterocycles. The predicted molar refractivity (Wildman–Crippen MR) is 127 cm³/mol. The minimum atomic E-state index is -0.371. The number of methoxy groups -OCH3 is 1. The highest BCUT2D eigenvalue weighted by Gasteiger charge is 2.26.